The molecule has 3 aromatic carbocycles. The number of hydrogen-bond donors (Lipinski definition) is 1. The van der Waals surface area contributed by atoms with Crippen LogP contribution in [0.5, 0.6) is 17.2 Å². The monoisotopic (exact) mass is 534 g/mol. The van der Waals surface area contributed by atoms with Crippen molar-refractivity contribution in [3.05, 3.63) is 93.5 Å². The van der Waals surface area contributed by atoms with E-state index in [0.29, 0.717) is 47.9 Å². The van der Waals surface area contributed by atoms with E-state index in [1.165, 1.54) is 6.08 Å². The summed E-state index contributed by atoms with van der Waals surface area (Å²) < 4.78 is 18.1. The van der Waals surface area contributed by atoms with Crippen molar-refractivity contribution in [2.45, 2.75) is 20.4 Å². The molecule has 0 aliphatic rings. The number of rotatable bonds is 11. The first-order valence-corrected chi connectivity index (χ1v) is 12.0. The molecule has 180 valence electrons. The summed E-state index contributed by atoms with van der Waals surface area (Å²) in [7, 11) is 0. The van der Waals surface area contributed by atoms with Crippen molar-refractivity contribution in [3.8, 4) is 23.3 Å². The number of halogens is 1. The number of carbonyl (C=O) groups excluding carboxylic acids is 1. The summed E-state index contributed by atoms with van der Waals surface area (Å²) in [6, 6.07) is 22.8. The SMILES string of the molecule is CCOc1cc(/C=C(\C#N)C(=O)NCc2ccccc2)cc(Br)c1OCCOc1cccc(C)c1. The highest BCUT2D eigenvalue weighted by Gasteiger charge is 2.14. The average molecular weight is 535 g/mol. The second-order valence-corrected chi connectivity index (χ2v) is 8.47. The summed E-state index contributed by atoms with van der Waals surface area (Å²) >= 11 is 3.53. The van der Waals surface area contributed by atoms with Crippen molar-refractivity contribution in [3.63, 3.8) is 0 Å². The predicted molar refractivity (Wildman–Crippen MR) is 139 cm³/mol. The fourth-order valence-electron chi connectivity index (χ4n) is 3.27. The average Bonchev–Trinajstić information content (AvgIpc) is 2.85. The van der Waals surface area contributed by atoms with Gasteiger partial charge in [0.25, 0.3) is 5.91 Å². The lowest BCUT2D eigenvalue weighted by molar-refractivity contribution is -0.117. The number of ether oxygens (including phenoxy) is 3. The van der Waals surface area contributed by atoms with E-state index in [2.05, 4.69) is 21.2 Å². The molecule has 6 nitrogen and oxygen atoms in total. The quantitative estimate of drug-likeness (QED) is 0.190. The van der Waals surface area contributed by atoms with Crippen molar-refractivity contribution >= 4 is 27.9 Å². The maximum atomic E-state index is 12.5. The number of nitrogens with one attached hydrogen (secondary N) is 1. The lowest BCUT2D eigenvalue weighted by Crippen LogP contribution is -2.23. The van der Waals surface area contributed by atoms with Gasteiger partial charge in [-0.3, -0.25) is 4.79 Å². The summed E-state index contributed by atoms with van der Waals surface area (Å²) in [5, 5.41) is 12.3. The maximum absolute atomic E-state index is 12.5. The van der Waals surface area contributed by atoms with E-state index in [-0.39, 0.29) is 5.57 Å². The fourth-order valence-corrected chi connectivity index (χ4v) is 3.85. The first-order chi connectivity index (χ1) is 17.0. The summed E-state index contributed by atoms with van der Waals surface area (Å²) in [6.45, 7) is 5.33. The van der Waals surface area contributed by atoms with Crippen LogP contribution in [0.25, 0.3) is 6.08 Å². The van der Waals surface area contributed by atoms with Crippen molar-refractivity contribution in [2.75, 3.05) is 19.8 Å². The molecule has 0 spiro atoms. The Morgan fingerprint density at radius 3 is 2.51 bits per heavy atom. The number of nitriles is 1. The van der Waals surface area contributed by atoms with E-state index in [9.17, 15) is 10.1 Å². The van der Waals surface area contributed by atoms with Gasteiger partial charge >= 0.3 is 0 Å². The van der Waals surface area contributed by atoms with Crippen LogP contribution < -0.4 is 19.5 Å². The van der Waals surface area contributed by atoms with Crippen LogP contribution in [0, 0.1) is 18.3 Å². The van der Waals surface area contributed by atoms with Gasteiger partial charge in [0.2, 0.25) is 0 Å². The Kier molecular flexibility index (Phi) is 9.76. The van der Waals surface area contributed by atoms with Gasteiger partial charge in [0.05, 0.1) is 11.1 Å². The molecular formula is C28H27BrN2O4. The van der Waals surface area contributed by atoms with E-state index in [1.807, 2.05) is 74.5 Å². The molecule has 0 aliphatic carbocycles. The maximum Gasteiger partial charge on any atom is 0.262 e. The van der Waals surface area contributed by atoms with Crippen LogP contribution in [0.3, 0.4) is 0 Å². The van der Waals surface area contributed by atoms with Crippen molar-refractivity contribution in [1.29, 1.82) is 5.26 Å². The third kappa shape index (κ3) is 7.90. The highest BCUT2D eigenvalue weighted by Crippen LogP contribution is 2.37. The Balaban J connectivity index is 1.68. The smallest absolute Gasteiger partial charge is 0.262 e. The van der Waals surface area contributed by atoms with Gasteiger partial charge in [0, 0.05) is 6.54 Å². The third-order valence-corrected chi connectivity index (χ3v) is 5.48. The molecule has 0 aromatic heterocycles. The summed E-state index contributed by atoms with van der Waals surface area (Å²) in [5.41, 5.74) is 2.71. The Morgan fingerprint density at radius 1 is 1.03 bits per heavy atom. The van der Waals surface area contributed by atoms with E-state index in [0.717, 1.165) is 16.9 Å². The second kappa shape index (κ2) is 13.2. The molecule has 0 unspecified atom stereocenters. The topological polar surface area (TPSA) is 80.6 Å². The molecule has 0 bridgehead atoms. The summed E-state index contributed by atoms with van der Waals surface area (Å²) in [5.74, 6) is 1.38. The zero-order valence-corrected chi connectivity index (χ0v) is 21.3. The molecule has 7 heteroatoms. The third-order valence-electron chi connectivity index (χ3n) is 4.89. The number of aryl methyl sites for hydroxylation is 1. The second-order valence-electron chi connectivity index (χ2n) is 7.61. The molecule has 0 radical (unpaired) electrons. The molecule has 3 rings (SSSR count). The number of benzene rings is 3. The van der Waals surface area contributed by atoms with E-state index >= 15 is 0 Å². The number of amides is 1. The molecule has 0 saturated heterocycles. The van der Waals surface area contributed by atoms with Crippen LogP contribution in [-0.4, -0.2) is 25.7 Å². The first-order valence-electron chi connectivity index (χ1n) is 11.2. The molecule has 0 saturated carbocycles. The molecule has 0 atom stereocenters. The Morgan fingerprint density at radius 2 is 1.80 bits per heavy atom. The lowest BCUT2D eigenvalue weighted by Gasteiger charge is -2.15. The van der Waals surface area contributed by atoms with Crippen LogP contribution >= 0.6 is 15.9 Å². The first kappa shape index (κ1) is 25.9. The zero-order chi connectivity index (χ0) is 25.0. The Hall–Kier alpha value is -3.76. The highest BCUT2D eigenvalue weighted by molar-refractivity contribution is 9.10. The van der Waals surface area contributed by atoms with Crippen molar-refractivity contribution in [1.82, 2.24) is 5.32 Å². The van der Waals surface area contributed by atoms with Gasteiger partial charge in [-0.2, -0.15) is 5.26 Å². The van der Waals surface area contributed by atoms with E-state index in [4.69, 9.17) is 14.2 Å². The van der Waals surface area contributed by atoms with Gasteiger partial charge in [-0.05, 0) is 76.8 Å². The van der Waals surface area contributed by atoms with Crippen LogP contribution in [0.2, 0.25) is 0 Å². The van der Waals surface area contributed by atoms with Gasteiger partial charge in [0.15, 0.2) is 11.5 Å². The van der Waals surface area contributed by atoms with E-state index in [1.54, 1.807) is 12.1 Å². The molecule has 1 amide bonds. The normalized spacial score (nSPS) is 10.9. The van der Waals surface area contributed by atoms with Gasteiger partial charge in [-0.1, -0.05) is 42.5 Å². The van der Waals surface area contributed by atoms with Crippen molar-refractivity contribution < 1.29 is 19.0 Å². The van der Waals surface area contributed by atoms with Crippen LogP contribution in [-0.2, 0) is 11.3 Å². The fraction of sp³-hybridized carbons (Fsp3) is 0.214. The molecule has 3 aromatic rings. The molecule has 0 aliphatic heterocycles. The summed E-state index contributed by atoms with van der Waals surface area (Å²) in [6.07, 6.45) is 1.53. The summed E-state index contributed by atoms with van der Waals surface area (Å²) in [4.78, 5) is 12.5. The Labute approximate surface area is 214 Å². The van der Waals surface area contributed by atoms with Crippen LogP contribution in [0.15, 0.2) is 76.8 Å². The van der Waals surface area contributed by atoms with Crippen LogP contribution in [0.1, 0.15) is 23.6 Å². The van der Waals surface area contributed by atoms with Crippen molar-refractivity contribution in [2.24, 2.45) is 0 Å². The van der Waals surface area contributed by atoms with Gasteiger partial charge in [0.1, 0.15) is 30.6 Å². The molecular weight excluding hydrogens is 508 g/mol. The minimum Gasteiger partial charge on any atom is -0.490 e. The molecule has 0 heterocycles. The largest absolute Gasteiger partial charge is 0.490 e. The van der Waals surface area contributed by atoms with Gasteiger partial charge in [-0.25, -0.2) is 0 Å². The number of carbonyl (C=O) groups is 1. The molecule has 1 N–H and O–H groups in total. The van der Waals surface area contributed by atoms with Gasteiger partial charge < -0.3 is 19.5 Å². The van der Waals surface area contributed by atoms with Crippen LogP contribution in [0.4, 0.5) is 0 Å². The highest BCUT2D eigenvalue weighted by atomic mass is 79.9. The minimum absolute atomic E-state index is 0.00416. The predicted octanol–water partition coefficient (Wildman–Crippen LogP) is 5.84. The molecule has 35 heavy (non-hydrogen) atoms. The minimum atomic E-state index is -0.445. The molecule has 0 fully saturated rings. The zero-order valence-electron chi connectivity index (χ0n) is 19.7. The van der Waals surface area contributed by atoms with Gasteiger partial charge in [-0.15, -0.1) is 0 Å². The Bertz CT molecular complexity index is 1220. The number of nitrogens with zero attached hydrogens (tertiary/aromatic N) is 1. The number of hydrogen-bond acceptors (Lipinski definition) is 5. The lowest BCUT2D eigenvalue weighted by atomic mass is 10.1. The van der Waals surface area contributed by atoms with E-state index < -0.39 is 5.91 Å². The standard InChI is InChI=1S/C28H27BrN2O4/c1-3-33-26-17-22(15-23(18-30)28(32)31-19-21-9-5-4-6-10-21)16-25(29)27(26)35-13-12-34-24-11-7-8-20(2)14-24/h4-11,14-17H,3,12-13,19H2,1-2H3,(H,31,32)/b23-15+.